The molecular weight excluding hydrogens is 424 g/mol. The summed E-state index contributed by atoms with van der Waals surface area (Å²) in [6, 6.07) is 7.65. The van der Waals surface area contributed by atoms with Crippen molar-refractivity contribution < 1.29 is 14.6 Å². The molecule has 6 nitrogen and oxygen atoms in total. The first kappa shape index (κ1) is 18.8. The van der Waals surface area contributed by atoms with Gasteiger partial charge in [0.25, 0.3) is 0 Å². The zero-order chi connectivity index (χ0) is 18.8. The van der Waals surface area contributed by atoms with Crippen LogP contribution < -0.4 is 4.74 Å². The number of rotatable bonds is 4. The zero-order valence-corrected chi connectivity index (χ0v) is 15.8. The second kappa shape index (κ2) is 7.72. The van der Waals surface area contributed by atoms with E-state index >= 15 is 0 Å². The van der Waals surface area contributed by atoms with E-state index in [-0.39, 0.29) is 22.3 Å². The smallest absolute Gasteiger partial charge is 0.302 e. The highest BCUT2D eigenvalue weighted by Crippen LogP contribution is 2.40. The van der Waals surface area contributed by atoms with Crippen molar-refractivity contribution in [3.05, 3.63) is 50.4 Å². The van der Waals surface area contributed by atoms with Gasteiger partial charge in [-0.05, 0) is 30.3 Å². The highest BCUT2D eigenvalue weighted by Gasteiger charge is 2.15. The van der Waals surface area contributed by atoms with Crippen molar-refractivity contribution >= 4 is 68.9 Å². The number of halogens is 4. The predicted molar refractivity (Wildman–Crippen MR) is 101 cm³/mol. The number of carbonyl (C=O) groups excluding carboxylic acids is 1. The zero-order valence-electron chi connectivity index (χ0n) is 12.8. The van der Waals surface area contributed by atoms with E-state index in [1.165, 1.54) is 18.2 Å². The first-order valence-corrected chi connectivity index (χ1v) is 8.58. The number of ether oxygens (including phenoxy) is 1. The summed E-state index contributed by atoms with van der Waals surface area (Å²) in [5.74, 6) is -0.687. The third-order valence-electron chi connectivity index (χ3n) is 3.28. The third-order valence-corrected chi connectivity index (χ3v) is 4.33. The van der Waals surface area contributed by atoms with Crippen LogP contribution in [-0.4, -0.2) is 22.6 Å². The molecule has 0 fully saturated rings. The number of benzene rings is 2. The largest absolute Gasteiger partial charge is 0.493 e. The number of fused-ring (bicyclic) bond motifs is 1. The van der Waals surface area contributed by atoms with Crippen LogP contribution in [0.2, 0.25) is 20.1 Å². The molecule has 0 aliphatic rings. The Bertz CT molecular complexity index is 1030. The molecule has 0 bridgehead atoms. The molecule has 2 aromatic carbocycles. The normalized spacial score (nSPS) is 11.4. The van der Waals surface area contributed by atoms with Gasteiger partial charge in [0.15, 0.2) is 12.3 Å². The van der Waals surface area contributed by atoms with Gasteiger partial charge in [-0.3, -0.25) is 4.79 Å². The number of amides is 1. The summed E-state index contributed by atoms with van der Waals surface area (Å²) in [5, 5.41) is 19.0. The number of aromatic nitrogens is 1. The molecule has 0 aliphatic heterocycles. The van der Waals surface area contributed by atoms with Crippen LogP contribution in [-0.2, 0) is 4.79 Å². The van der Waals surface area contributed by atoms with Gasteiger partial charge < -0.3 is 14.8 Å². The van der Waals surface area contributed by atoms with Crippen molar-refractivity contribution in [2.45, 2.75) is 0 Å². The summed E-state index contributed by atoms with van der Waals surface area (Å²) in [5.41, 5.74) is 0.474. The van der Waals surface area contributed by atoms with Crippen molar-refractivity contribution in [2.75, 3.05) is 6.61 Å². The van der Waals surface area contributed by atoms with E-state index < -0.39 is 12.5 Å². The fraction of sp³-hybridized carbons (Fsp3) is 0.0625. The molecule has 0 aliphatic carbocycles. The van der Waals surface area contributed by atoms with E-state index in [1.807, 2.05) is 0 Å². The molecule has 0 atom stereocenters. The molecule has 0 unspecified atom stereocenters. The van der Waals surface area contributed by atoms with Crippen molar-refractivity contribution in [3.8, 4) is 11.6 Å². The summed E-state index contributed by atoms with van der Waals surface area (Å²) >= 11 is 23.7. The van der Waals surface area contributed by atoms with E-state index in [4.69, 9.17) is 51.1 Å². The lowest BCUT2D eigenvalue weighted by Crippen LogP contribution is -2.08. The average molecular weight is 433 g/mol. The first-order valence-electron chi connectivity index (χ1n) is 7.07. The summed E-state index contributed by atoms with van der Waals surface area (Å²) in [7, 11) is 0. The van der Waals surface area contributed by atoms with Gasteiger partial charge in [0.05, 0.1) is 15.6 Å². The van der Waals surface area contributed by atoms with Crippen LogP contribution in [0.3, 0.4) is 0 Å². The minimum absolute atomic E-state index is 0.0438. The number of hydrogen-bond donors (Lipinski definition) is 2. The SMILES string of the molecule is O=C(COc1ccc(Cl)cc1Cl)N=Nc1c(O)[nH]c2c(Cl)cc(Cl)cc12. The fourth-order valence-corrected chi connectivity index (χ4v) is 3.16. The maximum absolute atomic E-state index is 11.9. The van der Waals surface area contributed by atoms with Crippen molar-refractivity contribution in [1.82, 2.24) is 4.98 Å². The Morgan fingerprint density at radius 3 is 2.54 bits per heavy atom. The third kappa shape index (κ3) is 4.04. The molecule has 0 saturated carbocycles. The van der Waals surface area contributed by atoms with E-state index in [2.05, 4.69) is 15.2 Å². The van der Waals surface area contributed by atoms with Gasteiger partial charge in [-0.25, -0.2) is 0 Å². The molecule has 26 heavy (non-hydrogen) atoms. The number of azo groups is 1. The van der Waals surface area contributed by atoms with Gasteiger partial charge in [-0.2, -0.15) is 0 Å². The number of aromatic amines is 1. The Labute approximate surface area is 167 Å². The van der Waals surface area contributed by atoms with E-state index in [1.54, 1.807) is 12.1 Å². The van der Waals surface area contributed by atoms with Gasteiger partial charge in [-0.15, -0.1) is 10.2 Å². The summed E-state index contributed by atoms with van der Waals surface area (Å²) < 4.78 is 5.27. The van der Waals surface area contributed by atoms with Crippen molar-refractivity contribution in [2.24, 2.45) is 10.2 Å². The number of H-pyrrole nitrogens is 1. The Morgan fingerprint density at radius 2 is 1.81 bits per heavy atom. The predicted octanol–water partition coefficient (Wildman–Crippen LogP) is 6.18. The standard InChI is InChI=1S/C16H9Cl4N3O3/c17-7-1-2-12(10(19)4-7)26-6-13(24)22-23-15-9-3-8(18)5-11(20)14(9)21-16(15)25/h1-5,21,25H,6H2. The van der Waals surface area contributed by atoms with E-state index in [0.717, 1.165) is 0 Å². The first-order chi connectivity index (χ1) is 12.3. The second-order valence-electron chi connectivity index (χ2n) is 5.09. The summed E-state index contributed by atoms with van der Waals surface area (Å²) in [4.78, 5) is 14.5. The average Bonchev–Trinajstić information content (AvgIpc) is 2.88. The van der Waals surface area contributed by atoms with Gasteiger partial charge >= 0.3 is 5.91 Å². The Balaban J connectivity index is 1.76. The minimum atomic E-state index is -0.683. The molecular formula is C16H9Cl4N3O3. The molecule has 1 heterocycles. The van der Waals surface area contributed by atoms with Crippen molar-refractivity contribution in [1.29, 1.82) is 0 Å². The molecule has 134 valence electrons. The number of nitrogens with zero attached hydrogens (tertiary/aromatic N) is 2. The Kier molecular flexibility index (Phi) is 5.58. The van der Waals surface area contributed by atoms with Crippen LogP contribution in [0.15, 0.2) is 40.6 Å². The highest BCUT2D eigenvalue weighted by molar-refractivity contribution is 6.39. The molecule has 1 aromatic heterocycles. The van der Waals surface area contributed by atoms with Gasteiger partial charge in [0.2, 0.25) is 5.88 Å². The van der Waals surface area contributed by atoms with Gasteiger partial charge in [-0.1, -0.05) is 46.4 Å². The monoisotopic (exact) mass is 431 g/mol. The van der Waals surface area contributed by atoms with Crippen LogP contribution in [0.5, 0.6) is 11.6 Å². The van der Waals surface area contributed by atoms with Crippen LogP contribution in [0.1, 0.15) is 0 Å². The van der Waals surface area contributed by atoms with E-state index in [0.29, 0.717) is 26.0 Å². The topological polar surface area (TPSA) is 87.0 Å². The maximum atomic E-state index is 11.9. The second-order valence-corrected chi connectivity index (χ2v) is 6.78. The van der Waals surface area contributed by atoms with Crippen LogP contribution >= 0.6 is 46.4 Å². The number of aromatic hydroxyl groups is 1. The molecule has 2 N–H and O–H groups in total. The fourth-order valence-electron chi connectivity index (χ4n) is 2.16. The molecule has 0 spiro atoms. The number of nitrogens with one attached hydrogen (secondary N) is 1. The van der Waals surface area contributed by atoms with Gasteiger partial charge in [0, 0.05) is 15.4 Å². The lowest BCUT2D eigenvalue weighted by molar-refractivity contribution is -0.120. The molecule has 0 radical (unpaired) electrons. The summed E-state index contributed by atoms with van der Waals surface area (Å²) in [6.07, 6.45) is 0. The van der Waals surface area contributed by atoms with Crippen molar-refractivity contribution in [3.63, 3.8) is 0 Å². The lowest BCUT2D eigenvalue weighted by atomic mass is 10.2. The molecule has 3 rings (SSSR count). The molecule has 3 aromatic rings. The van der Waals surface area contributed by atoms with Crippen LogP contribution in [0.25, 0.3) is 10.9 Å². The Morgan fingerprint density at radius 1 is 1.08 bits per heavy atom. The Hall–Kier alpha value is -1.99. The number of hydrogen-bond acceptors (Lipinski definition) is 4. The molecule has 0 saturated heterocycles. The minimum Gasteiger partial charge on any atom is -0.493 e. The molecule has 1 amide bonds. The van der Waals surface area contributed by atoms with E-state index in [9.17, 15) is 9.90 Å². The van der Waals surface area contributed by atoms with Crippen LogP contribution in [0.4, 0.5) is 5.69 Å². The van der Waals surface area contributed by atoms with Gasteiger partial charge in [0.1, 0.15) is 5.75 Å². The number of carbonyl (C=O) groups is 1. The molecule has 10 heteroatoms. The summed E-state index contributed by atoms with van der Waals surface area (Å²) in [6.45, 7) is -0.393. The maximum Gasteiger partial charge on any atom is 0.302 e. The lowest BCUT2D eigenvalue weighted by Gasteiger charge is -2.05. The highest BCUT2D eigenvalue weighted by atomic mass is 35.5. The quantitative estimate of drug-likeness (QED) is 0.482. The van der Waals surface area contributed by atoms with Crippen LogP contribution in [0, 0.1) is 0 Å².